The van der Waals surface area contributed by atoms with E-state index >= 15 is 0 Å². The van der Waals surface area contributed by atoms with Gasteiger partial charge in [-0.1, -0.05) is 6.92 Å². The quantitative estimate of drug-likeness (QED) is 0.414. The van der Waals surface area contributed by atoms with E-state index < -0.39 is 5.91 Å². The predicted octanol–water partition coefficient (Wildman–Crippen LogP) is 4.77. The van der Waals surface area contributed by atoms with E-state index in [1.165, 1.54) is 11.3 Å². The minimum Gasteiger partial charge on any atom is -0.349 e. The fraction of sp³-hybridized carbons (Fsp3) is 0.217. The lowest BCUT2D eigenvalue weighted by atomic mass is 10.1. The second kappa shape index (κ2) is 9.87. The van der Waals surface area contributed by atoms with Crippen molar-refractivity contribution in [3.05, 3.63) is 70.0 Å². The molecule has 2 heterocycles. The first-order valence-electron chi connectivity index (χ1n) is 9.83. The van der Waals surface area contributed by atoms with Crippen LogP contribution in [0.5, 0.6) is 0 Å². The molecule has 0 fully saturated rings. The lowest BCUT2D eigenvalue weighted by molar-refractivity contribution is -0.112. The second-order valence-electron chi connectivity index (χ2n) is 6.97. The van der Waals surface area contributed by atoms with Crippen molar-refractivity contribution in [1.29, 1.82) is 5.26 Å². The minimum atomic E-state index is -0.497. The summed E-state index contributed by atoms with van der Waals surface area (Å²) in [7, 11) is 0. The molecule has 31 heavy (non-hydrogen) atoms. The Balaban J connectivity index is 1.71. The average Bonchev–Trinajstić information content (AvgIpc) is 3.36. The van der Waals surface area contributed by atoms with Gasteiger partial charge in [0.1, 0.15) is 11.6 Å². The van der Waals surface area contributed by atoms with Gasteiger partial charge >= 0.3 is 0 Å². The first-order valence-corrected chi connectivity index (χ1v) is 10.7. The van der Waals surface area contributed by atoms with Crippen LogP contribution >= 0.6 is 11.3 Å². The number of amides is 2. The van der Waals surface area contributed by atoms with Crippen LogP contribution in [0.15, 0.2) is 47.5 Å². The highest BCUT2D eigenvalue weighted by molar-refractivity contribution is 7.13. The van der Waals surface area contributed by atoms with Crippen LogP contribution in [0.1, 0.15) is 40.7 Å². The molecule has 0 unspecified atom stereocenters. The van der Waals surface area contributed by atoms with Gasteiger partial charge in [-0.15, -0.1) is 11.3 Å². The highest BCUT2D eigenvalue weighted by Gasteiger charge is 2.14. The molecule has 2 N–H and O–H groups in total. The van der Waals surface area contributed by atoms with Gasteiger partial charge in [0, 0.05) is 40.8 Å². The summed E-state index contributed by atoms with van der Waals surface area (Å²) in [6.45, 7) is 6.99. The van der Waals surface area contributed by atoms with Crippen LogP contribution in [-0.2, 0) is 11.3 Å². The Morgan fingerprint density at radius 2 is 1.97 bits per heavy atom. The van der Waals surface area contributed by atoms with Crippen molar-refractivity contribution in [1.82, 2.24) is 9.55 Å². The summed E-state index contributed by atoms with van der Waals surface area (Å²) >= 11 is 1.33. The third kappa shape index (κ3) is 5.27. The van der Waals surface area contributed by atoms with Crippen LogP contribution in [0.2, 0.25) is 0 Å². The van der Waals surface area contributed by atoms with Crippen molar-refractivity contribution in [3.63, 3.8) is 0 Å². The number of carbonyl (C=O) groups excluding carboxylic acids is 2. The molecule has 0 aliphatic heterocycles. The normalized spacial score (nSPS) is 11.1. The monoisotopic (exact) mass is 433 g/mol. The third-order valence-corrected chi connectivity index (χ3v) is 5.47. The number of nitrogens with zero attached hydrogens (tertiary/aromatic N) is 3. The smallest absolute Gasteiger partial charge is 0.266 e. The number of nitrogens with one attached hydrogen (secondary N) is 2. The second-order valence-corrected chi connectivity index (χ2v) is 7.87. The Bertz CT molecular complexity index is 1150. The molecular formula is C23H23N5O2S. The number of hydrogen-bond donors (Lipinski definition) is 2. The lowest BCUT2D eigenvalue weighted by Crippen LogP contribution is -2.14. The Morgan fingerprint density at radius 3 is 2.58 bits per heavy atom. The van der Waals surface area contributed by atoms with Crippen LogP contribution in [0.25, 0.3) is 6.08 Å². The summed E-state index contributed by atoms with van der Waals surface area (Å²) in [4.78, 5) is 28.9. The highest BCUT2D eigenvalue weighted by Crippen LogP contribution is 2.20. The molecule has 0 radical (unpaired) electrons. The van der Waals surface area contributed by atoms with Gasteiger partial charge in [0.2, 0.25) is 0 Å². The van der Waals surface area contributed by atoms with E-state index in [1.807, 2.05) is 26.0 Å². The highest BCUT2D eigenvalue weighted by atomic mass is 32.1. The molecule has 0 bridgehead atoms. The molecule has 8 heteroatoms. The van der Waals surface area contributed by atoms with Gasteiger partial charge in [-0.2, -0.15) is 5.26 Å². The fourth-order valence-electron chi connectivity index (χ4n) is 3.20. The predicted molar refractivity (Wildman–Crippen MR) is 123 cm³/mol. The maximum Gasteiger partial charge on any atom is 0.266 e. The van der Waals surface area contributed by atoms with Gasteiger partial charge < -0.3 is 9.88 Å². The van der Waals surface area contributed by atoms with Gasteiger partial charge in [-0.3, -0.25) is 14.9 Å². The van der Waals surface area contributed by atoms with Gasteiger partial charge in [0.25, 0.3) is 11.8 Å². The molecule has 0 saturated heterocycles. The SMILES string of the molecule is CCCn1c(C)cc(/C=C(\C#N)C(=O)Nc2ccc(C(=O)Nc3nccs3)cc2)c1C. The molecule has 1 aromatic carbocycles. The zero-order chi connectivity index (χ0) is 22.4. The number of benzene rings is 1. The molecule has 7 nitrogen and oxygen atoms in total. The first-order chi connectivity index (χ1) is 14.9. The number of hydrogen-bond acceptors (Lipinski definition) is 5. The molecule has 2 aromatic heterocycles. The molecule has 0 saturated carbocycles. The fourth-order valence-corrected chi connectivity index (χ4v) is 3.73. The van der Waals surface area contributed by atoms with E-state index in [1.54, 1.807) is 41.9 Å². The zero-order valence-corrected chi connectivity index (χ0v) is 18.4. The Labute approximate surface area is 185 Å². The molecule has 2 amide bonds. The van der Waals surface area contributed by atoms with Crippen molar-refractivity contribution in [2.75, 3.05) is 10.6 Å². The summed E-state index contributed by atoms with van der Waals surface area (Å²) in [5.41, 5.74) is 3.92. The van der Waals surface area contributed by atoms with Crippen LogP contribution in [0, 0.1) is 25.2 Å². The number of aromatic nitrogens is 2. The summed E-state index contributed by atoms with van der Waals surface area (Å²) in [6, 6.07) is 10.4. The summed E-state index contributed by atoms with van der Waals surface area (Å²) in [6.07, 6.45) is 4.23. The van der Waals surface area contributed by atoms with E-state index in [0.717, 1.165) is 29.9 Å². The van der Waals surface area contributed by atoms with E-state index in [-0.39, 0.29) is 11.5 Å². The summed E-state index contributed by atoms with van der Waals surface area (Å²) in [5.74, 6) is -0.782. The topological polar surface area (TPSA) is 99.8 Å². The van der Waals surface area contributed by atoms with Crippen molar-refractivity contribution in [3.8, 4) is 6.07 Å². The summed E-state index contributed by atoms with van der Waals surface area (Å²) in [5, 5.41) is 17.2. The number of thiazole rings is 1. The zero-order valence-electron chi connectivity index (χ0n) is 17.6. The van der Waals surface area contributed by atoms with Crippen molar-refractivity contribution >= 4 is 40.0 Å². The van der Waals surface area contributed by atoms with Gasteiger partial charge in [0.05, 0.1) is 0 Å². The van der Waals surface area contributed by atoms with Gasteiger partial charge in [-0.25, -0.2) is 4.98 Å². The first kappa shape index (κ1) is 22.0. The van der Waals surface area contributed by atoms with Gasteiger partial charge in [-0.05, 0) is 62.2 Å². The van der Waals surface area contributed by atoms with E-state index in [4.69, 9.17) is 0 Å². The number of carbonyl (C=O) groups is 2. The molecule has 3 rings (SSSR count). The van der Waals surface area contributed by atoms with E-state index in [9.17, 15) is 14.9 Å². The lowest BCUT2D eigenvalue weighted by Gasteiger charge is -2.07. The number of aryl methyl sites for hydroxylation is 1. The minimum absolute atomic E-state index is 0.0161. The molecule has 158 valence electrons. The van der Waals surface area contributed by atoms with Crippen molar-refractivity contribution in [2.24, 2.45) is 0 Å². The summed E-state index contributed by atoms with van der Waals surface area (Å²) < 4.78 is 2.17. The molecule has 0 aliphatic carbocycles. The van der Waals surface area contributed by atoms with Crippen LogP contribution < -0.4 is 10.6 Å². The largest absolute Gasteiger partial charge is 0.349 e. The van der Waals surface area contributed by atoms with Crippen molar-refractivity contribution < 1.29 is 9.59 Å². The van der Waals surface area contributed by atoms with Gasteiger partial charge in [0.15, 0.2) is 5.13 Å². The maximum atomic E-state index is 12.6. The Morgan fingerprint density at radius 1 is 1.23 bits per heavy atom. The van der Waals surface area contributed by atoms with E-state index in [0.29, 0.717) is 16.4 Å². The molecule has 0 atom stereocenters. The van der Waals surface area contributed by atoms with Crippen LogP contribution in [0.4, 0.5) is 10.8 Å². The molecular weight excluding hydrogens is 410 g/mol. The maximum absolute atomic E-state index is 12.6. The molecule has 3 aromatic rings. The number of nitriles is 1. The van der Waals surface area contributed by atoms with Crippen LogP contribution in [-0.4, -0.2) is 21.4 Å². The molecule has 0 spiro atoms. The third-order valence-electron chi connectivity index (χ3n) is 4.78. The Kier molecular flexibility index (Phi) is 7.00. The van der Waals surface area contributed by atoms with Crippen LogP contribution in [0.3, 0.4) is 0 Å². The van der Waals surface area contributed by atoms with Crippen molar-refractivity contribution in [2.45, 2.75) is 33.7 Å². The van der Waals surface area contributed by atoms with E-state index in [2.05, 4.69) is 27.1 Å². The standard InChI is InChI=1S/C23H23N5O2S/c1-4-10-28-15(2)12-18(16(28)3)13-19(14-24)22(30)26-20-7-5-17(6-8-20)21(29)27-23-25-9-11-31-23/h5-9,11-13H,4,10H2,1-3H3,(H,26,30)(H,25,27,29)/b19-13+. The Hall–Kier alpha value is -3.70. The number of rotatable bonds is 7. The average molecular weight is 434 g/mol. The number of anilines is 2. The molecule has 0 aliphatic rings.